The Hall–Kier alpha value is 0.150. The summed E-state index contributed by atoms with van der Waals surface area (Å²) in [6.07, 6.45) is 18.6. The maximum absolute atomic E-state index is 11.9. The van der Waals surface area contributed by atoms with Gasteiger partial charge in [-0.25, -0.2) is 0 Å². The van der Waals surface area contributed by atoms with Crippen LogP contribution in [0.5, 0.6) is 0 Å². The molecule has 0 radical (unpaired) electrons. The van der Waals surface area contributed by atoms with E-state index in [1.807, 2.05) is 0 Å². The van der Waals surface area contributed by atoms with E-state index in [4.69, 9.17) is 4.52 Å². The lowest BCUT2D eigenvalue weighted by Gasteiger charge is -2.38. The van der Waals surface area contributed by atoms with Gasteiger partial charge >= 0.3 is 8.25 Å². The zero-order valence-electron chi connectivity index (χ0n) is 19.7. The van der Waals surface area contributed by atoms with Crippen LogP contribution in [0.2, 0.25) is 0 Å². The minimum atomic E-state index is -2.93. The van der Waals surface area contributed by atoms with Crippen molar-refractivity contribution in [3.63, 3.8) is 0 Å². The Morgan fingerprint density at radius 1 is 0.750 bits per heavy atom. The van der Waals surface area contributed by atoms with E-state index in [2.05, 4.69) is 34.6 Å². The Balaban J connectivity index is 5.34. The maximum atomic E-state index is 11.9. The molecule has 0 aliphatic carbocycles. The fourth-order valence-electron chi connectivity index (χ4n) is 4.60. The van der Waals surface area contributed by atoms with Crippen LogP contribution >= 0.6 is 8.25 Å². The van der Waals surface area contributed by atoms with Gasteiger partial charge in [-0.1, -0.05) is 118 Å². The first kappa shape index (κ1) is 28.1. The van der Waals surface area contributed by atoms with Gasteiger partial charge in [0, 0.05) is 0 Å². The predicted molar refractivity (Wildman–Crippen MR) is 124 cm³/mol. The molecular formula is C24H51O3P. The Morgan fingerprint density at radius 3 is 1.61 bits per heavy atom. The largest absolute Gasteiger partial charge is 0.326 e. The average molecular weight is 419 g/mol. The van der Waals surface area contributed by atoms with E-state index in [0.29, 0.717) is 11.8 Å². The fraction of sp³-hybridized carbons (Fsp3) is 1.00. The summed E-state index contributed by atoms with van der Waals surface area (Å²) in [6.45, 7) is 11.3. The lowest BCUT2D eigenvalue weighted by molar-refractivity contribution is 0.00194. The van der Waals surface area contributed by atoms with Crippen molar-refractivity contribution in [2.75, 3.05) is 0 Å². The van der Waals surface area contributed by atoms with Gasteiger partial charge in [0.1, 0.15) is 0 Å². The molecule has 3 atom stereocenters. The lowest BCUT2D eigenvalue weighted by Crippen LogP contribution is -2.36. The van der Waals surface area contributed by atoms with E-state index in [1.165, 1.54) is 64.2 Å². The van der Waals surface area contributed by atoms with Crippen LogP contribution in [0.15, 0.2) is 0 Å². The molecule has 0 fully saturated rings. The van der Waals surface area contributed by atoms with Crippen molar-refractivity contribution < 1.29 is 14.0 Å². The van der Waals surface area contributed by atoms with Gasteiger partial charge in [-0.15, -0.1) is 0 Å². The summed E-state index contributed by atoms with van der Waals surface area (Å²) in [7, 11) is -2.93. The summed E-state index contributed by atoms with van der Waals surface area (Å²) in [5.41, 5.74) is -0.403. The van der Waals surface area contributed by atoms with Crippen molar-refractivity contribution in [3.05, 3.63) is 0 Å². The highest BCUT2D eigenvalue weighted by Gasteiger charge is 2.36. The molecule has 28 heavy (non-hydrogen) atoms. The average Bonchev–Trinajstić information content (AvgIpc) is 2.67. The molecule has 0 aromatic heterocycles. The highest BCUT2D eigenvalue weighted by molar-refractivity contribution is 7.32. The summed E-state index contributed by atoms with van der Waals surface area (Å²) in [4.78, 5) is 9.78. The topological polar surface area (TPSA) is 46.5 Å². The quantitative estimate of drug-likeness (QED) is 0.159. The minimum absolute atomic E-state index is 0.403. The van der Waals surface area contributed by atoms with E-state index in [1.54, 1.807) is 0 Å². The second-order valence-electron chi connectivity index (χ2n) is 8.96. The molecule has 0 amide bonds. The molecule has 0 spiro atoms. The molecule has 170 valence electrons. The van der Waals surface area contributed by atoms with E-state index < -0.39 is 13.9 Å². The van der Waals surface area contributed by atoms with Crippen LogP contribution in [0.3, 0.4) is 0 Å². The van der Waals surface area contributed by atoms with Gasteiger partial charge in [0.2, 0.25) is 0 Å². The fourth-order valence-corrected chi connectivity index (χ4v) is 5.24. The van der Waals surface area contributed by atoms with Crippen molar-refractivity contribution in [1.29, 1.82) is 0 Å². The molecule has 4 heteroatoms. The highest BCUT2D eigenvalue weighted by atomic mass is 31.1. The van der Waals surface area contributed by atoms with Gasteiger partial charge in [0.25, 0.3) is 0 Å². The molecule has 3 nitrogen and oxygen atoms in total. The molecule has 0 saturated carbocycles. The summed E-state index contributed by atoms with van der Waals surface area (Å²) >= 11 is 0. The van der Waals surface area contributed by atoms with Gasteiger partial charge in [-0.2, -0.15) is 0 Å². The van der Waals surface area contributed by atoms with Crippen LogP contribution in [0.1, 0.15) is 137 Å². The van der Waals surface area contributed by atoms with Crippen LogP contribution in [0, 0.1) is 11.8 Å². The van der Waals surface area contributed by atoms with Crippen LogP contribution in [0.4, 0.5) is 0 Å². The van der Waals surface area contributed by atoms with Crippen LogP contribution in [0.25, 0.3) is 0 Å². The van der Waals surface area contributed by atoms with Crippen molar-refractivity contribution in [2.45, 2.75) is 143 Å². The monoisotopic (exact) mass is 418 g/mol. The summed E-state index contributed by atoms with van der Waals surface area (Å²) < 4.78 is 17.9. The number of rotatable bonds is 20. The van der Waals surface area contributed by atoms with E-state index in [-0.39, 0.29) is 0 Å². The Morgan fingerprint density at radius 2 is 1.21 bits per heavy atom. The first-order valence-corrected chi connectivity index (χ1v) is 13.6. The molecule has 0 aromatic carbocycles. The lowest BCUT2D eigenvalue weighted by atomic mass is 9.76. The first-order chi connectivity index (χ1) is 13.5. The SMILES string of the molecule is CCCCCCCC(CC(CC)CCCC)(CC(CC)CCCC)O[PH](=O)O. The second-order valence-corrected chi connectivity index (χ2v) is 9.69. The zero-order chi connectivity index (χ0) is 21.3. The number of unbranched alkanes of at least 4 members (excludes halogenated alkanes) is 6. The molecule has 0 bridgehead atoms. The van der Waals surface area contributed by atoms with Gasteiger partial charge in [-0.3, -0.25) is 4.57 Å². The Kier molecular flexibility index (Phi) is 18.1. The zero-order valence-corrected chi connectivity index (χ0v) is 20.7. The molecule has 1 N–H and O–H groups in total. The standard InChI is InChI=1S/C24H51O3P/c1-6-11-14-15-16-19-24(27-28(25)26,20-22(9-4)17-12-7-2)21-23(10-5)18-13-8-3/h22-23,28H,6-21H2,1-5H3,(H,25,26). The third-order valence-corrected chi connectivity index (χ3v) is 7.06. The van der Waals surface area contributed by atoms with Gasteiger partial charge < -0.3 is 9.42 Å². The Labute approximate surface area is 177 Å². The maximum Gasteiger partial charge on any atom is 0.317 e. The van der Waals surface area contributed by atoms with Gasteiger partial charge in [0.05, 0.1) is 5.60 Å². The minimum Gasteiger partial charge on any atom is -0.326 e. The molecule has 0 aromatic rings. The summed E-state index contributed by atoms with van der Waals surface area (Å²) in [5.74, 6) is 1.20. The van der Waals surface area contributed by atoms with Crippen LogP contribution in [-0.4, -0.2) is 10.5 Å². The van der Waals surface area contributed by atoms with Crippen LogP contribution < -0.4 is 0 Å². The summed E-state index contributed by atoms with van der Waals surface area (Å²) in [6, 6.07) is 0. The molecule has 3 unspecified atom stereocenters. The third kappa shape index (κ3) is 13.4. The normalized spacial score (nSPS) is 17.2. The van der Waals surface area contributed by atoms with E-state index in [9.17, 15) is 9.46 Å². The van der Waals surface area contributed by atoms with Crippen molar-refractivity contribution in [2.24, 2.45) is 11.8 Å². The number of hydrogen-bond donors (Lipinski definition) is 1. The molecule has 0 heterocycles. The molecule has 0 rings (SSSR count). The molecule has 0 aliphatic heterocycles. The molecular weight excluding hydrogens is 367 g/mol. The Bertz CT molecular complexity index is 355. The van der Waals surface area contributed by atoms with Crippen molar-refractivity contribution >= 4 is 8.25 Å². The second kappa shape index (κ2) is 18.0. The summed E-state index contributed by atoms with van der Waals surface area (Å²) in [5, 5.41) is 0. The van der Waals surface area contributed by atoms with Gasteiger partial charge in [0.15, 0.2) is 0 Å². The molecule has 0 aliphatic rings. The van der Waals surface area contributed by atoms with E-state index in [0.717, 1.165) is 38.5 Å². The third-order valence-electron chi connectivity index (χ3n) is 6.45. The number of hydrogen-bond acceptors (Lipinski definition) is 2. The van der Waals surface area contributed by atoms with Crippen molar-refractivity contribution in [3.8, 4) is 0 Å². The smallest absolute Gasteiger partial charge is 0.317 e. The van der Waals surface area contributed by atoms with Crippen molar-refractivity contribution in [1.82, 2.24) is 0 Å². The molecule has 0 saturated heterocycles. The van der Waals surface area contributed by atoms with E-state index >= 15 is 0 Å². The van der Waals surface area contributed by atoms with Gasteiger partial charge in [-0.05, 0) is 31.1 Å². The highest BCUT2D eigenvalue weighted by Crippen LogP contribution is 2.43. The predicted octanol–water partition coefficient (Wildman–Crippen LogP) is 8.70. The van der Waals surface area contributed by atoms with Crippen LogP contribution in [-0.2, 0) is 9.09 Å². The first-order valence-electron chi connectivity index (χ1n) is 12.4.